The van der Waals surface area contributed by atoms with Crippen molar-refractivity contribution in [2.75, 3.05) is 12.3 Å². The van der Waals surface area contributed by atoms with E-state index in [0.717, 1.165) is 0 Å². The Hall–Kier alpha value is -1.88. The molecule has 0 aliphatic carbocycles. The molecule has 0 spiro atoms. The molecule has 0 bridgehead atoms. The number of nitrogen functional groups attached to an aromatic ring is 1. The molecule has 1 fully saturated rings. The third-order valence-corrected chi connectivity index (χ3v) is 3.43. The molecule has 2 aromatic rings. The van der Waals surface area contributed by atoms with Crippen LogP contribution in [0.2, 0.25) is 0 Å². The lowest BCUT2D eigenvalue weighted by atomic mass is 10.0. The smallest absolute Gasteiger partial charge is 0.312 e. The molecule has 3 rings (SSSR count). The Bertz CT molecular complexity index is 665. The molecule has 0 aromatic carbocycles. The van der Waals surface area contributed by atoms with Crippen LogP contribution in [-0.4, -0.2) is 59.8 Å². The lowest BCUT2D eigenvalue weighted by Crippen LogP contribution is -2.46. The van der Waals surface area contributed by atoms with Crippen LogP contribution in [-0.2, 0) is 4.74 Å². The summed E-state index contributed by atoms with van der Waals surface area (Å²) in [6.45, 7) is -0.414. The lowest BCUT2D eigenvalue weighted by molar-refractivity contribution is -0.205. The molecule has 10 heteroatoms. The molecule has 2 aromatic heterocycles. The van der Waals surface area contributed by atoms with Crippen LogP contribution in [0.15, 0.2) is 6.33 Å². The summed E-state index contributed by atoms with van der Waals surface area (Å²) in [5.41, 5.74) is 5.81. The molecule has 1 saturated heterocycles. The van der Waals surface area contributed by atoms with E-state index in [9.17, 15) is 14.6 Å². The fourth-order valence-electron chi connectivity index (χ4n) is 2.39. The van der Waals surface area contributed by atoms with Crippen molar-refractivity contribution in [3.05, 3.63) is 12.4 Å². The van der Waals surface area contributed by atoms with Gasteiger partial charge in [-0.05, 0) is 0 Å². The molecule has 0 saturated carbocycles. The van der Waals surface area contributed by atoms with E-state index in [2.05, 4.69) is 15.0 Å². The maximum absolute atomic E-state index is 13.3. The van der Waals surface area contributed by atoms with Crippen LogP contribution < -0.4 is 5.73 Å². The lowest BCUT2D eigenvalue weighted by Gasteiger charge is -2.36. The van der Waals surface area contributed by atoms with Crippen molar-refractivity contribution in [3.63, 3.8) is 0 Å². The molecule has 21 heavy (non-hydrogen) atoms. The minimum atomic E-state index is -1.07. The number of anilines is 1. The minimum Gasteiger partial charge on any atom is -0.394 e. The molecular weight excluding hydrogens is 285 g/mol. The first-order valence-corrected chi connectivity index (χ1v) is 6.29. The van der Waals surface area contributed by atoms with E-state index >= 15 is 0 Å². The second-order valence-electron chi connectivity index (χ2n) is 4.82. The Balaban J connectivity index is 2.03. The number of aliphatic hydroxyl groups excluding tert-OH is 3. The first-order chi connectivity index (χ1) is 10.0. The fourth-order valence-corrected chi connectivity index (χ4v) is 2.39. The molecule has 1 aliphatic rings. The Kier molecular flexibility index (Phi) is 3.45. The summed E-state index contributed by atoms with van der Waals surface area (Å²) in [5.74, 6) is -0.125. The standard InChI is InChI=1S/C11H14FN5O4/c12-11-15-8(13)7-9(16-11)17(3-14-7)10-5(20)1-4(19)6(2-18)21-10/h3-6,10,18-20H,1-2H2,(H2,13,15,16)/t4-,5?,6-,10-/m1/s1. The molecular formula is C11H14FN5O4. The van der Waals surface area contributed by atoms with Crippen molar-refractivity contribution in [1.82, 2.24) is 19.5 Å². The SMILES string of the molecule is Nc1nc(F)nc2c1ncn2[C@@H]1O[C@H](CO)[C@H](O)CC1O. The molecule has 3 heterocycles. The quantitative estimate of drug-likeness (QED) is 0.494. The van der Waals surface area contributed by atoms with Gasteiger partial charge >= 0.3 is 6.08 Å². The number of rotatable bonds is 2. The van der Waals surface area contributed by atoms with Crippen molar-refractivity contribution >= 4 is 17.0 Å². The van der Waals surface area contributed by atoms with Gasteiger partial charge < -0.3 is 25.8 Å². The monoisotopic (exact) mass is 299 g/mol. The van der Waals surface area contributed by atoms with Gasteiger partial charge in [-0.25, -0.2) is 4.98 Å². The van der Waals surface area contributed by atoms with E-state index in [1.165, 1.54) is 10.9 Å². The molecule has 1 aliphatic heterocycles. The molecule has 114 valence electrons. The first kappa shape index (κ1) is 14.1. The predicted molar refractivity (Wildman–Crippen MR) is 67.3 cm³/mol. The topological polar surface area (TPSA) is 140 Å². The summed E-state index contributed by atoms with van der Waals surface area (Å²) in [6, 6.07) is 0. The maximum Gasteiger partial charge on any atom is 0.312 e. The van der Waals surface area contributed by atoms with Gasteiger partial charge in [0, 0.05) is 6.42 Å². The average molecular weight is 299 g/mol. The highest BCUT2D eigenvalue weighted by Gasteiger charge is 2.37. The van der Waals surface area contributed by atoms with Crippen molar-refractivity contribution in [1.29, 1.82) is 0 Å². The second-order valence-corrected chi connectivity index (χ2v) is 4.82. The van der Waals surface area contributed by atoms with Crippen molar-refractivity contribution in [2.45, 2.75) is 31.0 Å². The number of aromatic nitrogens is 4. The number of ether oxygens (including phenoxy) is 1. The van der Waals surface area contributed by atoms with Gasteiger partial charge in [0.25, 0.3) is 0 Å². The number of hydrogen-bond donors (Lipinski definition) is 4. The highest BCUT2D eigenvalue weighted by molar-refractivity contribution is 5.81. The van der Waals surface area contributed by atoms with E-state index in [1.54, 1.807) is 0 Å². The Morgan fingerprint density at radius 2 is 2.14 bits per heavy atom. The molecule has 0 amide bonds. The third kappa shape index (κ3) is 2.31. The van der Waals surface area contributed by atoms with Gasteiger partial charge in [0.15, 0.2) is 23.2 Å². The van der Waals surface area contributed by atoms with Crippen LogP contribution in [0, 0.1) is 6.08 Å². The van der Waals surface area contributed by atoms with Crippen LogP contribution in [0.3, 0.4) is 0 Å². The number of halogens is 1. The molecule has 4 atom stereocenters. The Morgan fingerprint density at radius 3 is 2.86 bits per heavy atom. The van der Waals surface area contributed by atoms with E-state index < -0.39 is 37.2 Å². The Morgan fingerprint density at radius 1 is 1.38 bits per heavy atom. The summed E-state index contributed by atoms with van der Waals surface area (Å²) < 4.78 is 20.0. The normalized spacial score (nSPS) is 29.9. The zero-order chi connectivity index (χ0) is 15.1. The van der Waals surface area contributed by atoms with Crippen LogP contribution in [0.5, 0.6) is 0 Å². The molecule has 1 unspecified atom stereocenters. The number of aliphatic hydroxyl groups is 3. The van der Waals surface area contributed by atoms with Crippen LogP contribution in [0.1, 0.15) is 12.6 Å². The van der Waals surface area contributed by atoms with Gasteiger partial charge in [0.1, 0.15) is 12.2 Å². The highest BCUT2D eigenvalue weighted by atomic mass is 19.1. The van der Waals surface area contributed by atoms with Crippen LogP contribution in [0.25, 0.3) is 11.2 Å². The highest BCUT2D eigenvalue weighted by Crippen LogP contribution is 2.30. The first-order valence-electron chi connectivity index (χ1n) is 6.29. The summed E-state index contributed by atoms with van der Waals surface area (Å²) in [6.07, 6.45) is -3.63. The van der Waals surface area contributed by atoms with Crippen LogP contribution in [0.4, 0.5) is 10.2 Å². The average Bonchev–Trinajstić information content (AvgIpc) is 2.83. The van der Waals surface area contributed by atoms with Gasteiger partial charge in [-0.1, -0.05) is 0 Å². The van der Waals surface area contributed by atoms with Gasteiger partial charge in [-0.3, -0.25) is 4.57 Å². The van der Waals surface area contributed by atoms with Gasteiger partial charge in [-0.15, -0.1) is 0 Å². The minimum absolute atomic E-state index is 0.00137. The predicted octanol–water partition coefficient (Wildman–Crippen LogP) is -1.45. The zero-order valence-electron chi connectivity index (χ0n) is 10.8. The fraction of sp³-hybridized carbons (Fsp3) is 0.545. The molecule has 9 nitrogen and oxygen atoms in total. The maximum atomic E-state index is 13.3. The Labute approximate surface area is 117 Å². The van der Waals surface area contributed by atoms with Crippen molar-refractivity contribution in [2.24, 2.45) is 0 Å². The van der Waals surface area contributed by atoms with E-state index in [-0.39, 0.29) is 23.4 Å². The summed E-state index contributed by atoms with van der Waals surface area (Å²) >= 11 is 0. The summed E-state index contributed by atoms with van der Waals surface area (Å²) in [4.78, 5) is 10.9. The number of fused-ring (bicyclic) bond motifs is 1. The number of hydrogen-bond acceptors (Lipinski definition) is 8. The zero-order valence-corrected chi connectivity index (χ0v) is 10.8. The third-order valence-electron chi connectivity index (χ3n) is 3.43. The van der Waals surface area contributed by atoms with Gasteiger partial charge in [0.2, 0.25) is 0 Å². The van der Waals surface area contributed by atoms with Gasteiger partial charge in [0.05, 0.1) is 19.0 Å². The number of nitrogens with two attached hydrogens (primary N) is 1. The van der Waals surface area contributed by atoms with E-state index in [0.29, 0.717) is 0 Å². The molecule has 0 radical (unpaired) electrons. The summed E-state index contributed by atoms with van der Waals surface area (Å²) in [5, 5.41) is 28.9. The number of imidazole rings is 1. The van der Waals surface area contributed by atoms with Gasteiger partial charge in [-0.2, -0.15) is 14.4 Å². The van der Waals surface area contributed by atoms with E-state index in [4.69, 9.17) is 15.6 Å². The second kappa shape index (κ2) is 5.15. The molecule has 5 N–H and O–H groups in total. The summed E-state index contributed by atoms with van der Waals surface area (Å²) in [7, 11) is 0. The van der Waals surface area contributed by atoms with Crippen molar-refractivity contribution < 1.29 is 24.4 Å². The largest absolute Gasteiger partial charge is 0.394 e. The van der Waals surface area contributed by atoms with E-state index in [1.807, 2.05) is 0 Å². The van der Waals surface area contributed by atoms with Crippen molar-refractivity contribution in [3.8, 4) is 0 Å². The van der Waals surface area contributed by atoms with Crippen LogP contribution >= 0.6 is 0 Å². The number of nitrogens with zero attached hydrogens (tertiary/aromatic N) is 4.